The smallest absolute Gasteiger partial charge is 1.00 e. The number of aliphatic hydroxyl groups excluding tert-OH is 1. The van der Waals surface area contributed by atoms with Crippen molar-refractivity contribution < 1.29 is 163 Å². The number of aldehydes is 1. The Morgan fingerprint density at radius 3 is 0.992 bits per heavy atom. The van der Waals surface area contributed by atoms with Gasteiger partial charge in [-0.2, -0.15) is 0 Å². The fourth-order valence-corrected chi connectivity index (χ4v) is 11.4. The number of morpholine rings is 3. The largest absolute Gasteiger partial charge is 1.00 e. The molecule has 3 fully saturated rings. The molecule has 123 heavy (non-hydrogen) atoms. The number of nitrogens with two attached hydrogens (primary N) is 1. The van der Waals surface area contributed by atoms with E-state index in [4.69, 9.17) is 30.2 Å². The second-order valence-corrected chi connectivity index (χ2v) is 30.8. The van der Waals surface area contributed by atoms with Gasteiger partial charge in [-0.3, -0.25) is 84.9 Å². The molecule has 1 radical (unpaired) electrons. The molecule has 0 bridgehead atoms. The van der Waals surface area contributed by atoms with Gasteiger partial charge >= 0.3 is 47.5 Å². The normalized spacial score (nSPS) is 13.5. The van der Waals surface area contributed by atoms with Gasteiger partial charge in [0.15, 0.2) is 0 Å². The van der Waals surface area contributed by atoms with Crippen LogP contribution in [0.25, 0.3) is 0 Å². The molecule has 7 N–H and O–H groups in total. The molecule has 0 aromatic heterocycles. The number of aliphatic hydroxyl groups is 1. The first-order valence-electron chi connectivity index (χ1n) is 38.2. The van der Waals surface area contributed by atoms with Gasteiger partial charge < -0.3 is 56.6 Å². The van der Waals surface area contributed by atoms with E-state index >= 15 is 0 Å². The maximum absolute atomic E-state index is 11.5. The van der Waals surface area contributed by atoms with Crippen LogP contribution in [0.1, 0.15) is 162 Å². The van der Waals surface area contributed by atoms with Crippen LogP contribution in [0, 0.1) is 105 Å². The first-order chi connectivity index (χ1) is 55.5. The van der Waals surface area contributed by atoms with E-state index in [-0.39, 0.29) is 180 Å². The number of nitrogens with zero attached hydrogens (tertiary/aromatic N) is 8. The van der Waals surface area contributed by atoms with Crippen LogP contribution in [0.3, 0.4) is 0 Å². The van der Waals surface area contributed by atoms with Gasteiger partial charge in [0.2, 0.25) is 0 Å². The summed E-state index contributed by atoms with van der Waals surface area (Å²) in [6.07, 6.45) is 3.47. The Bertz CT molecular complexity index is 4310. The van der Waals surface area contributed by atoms with E-state index in [1.165, 1.54) is 99.5 Å². The molecule has 37 heteroatoms. The molecule has 0 amide bonds. The quantitative estimate of drug-likeness (QED) is 0.0103. The van der Waals surface area contributed by atoms with E-state index in [0.29, 0.717) is 23.1 Å². The van der Waals surface area contributed by atoms with Crippen molar-refractivity contribution >= 4 is 76.4 Å². The number of nitrogen functional groups attached to an aromatic ring is 1. The van der Waals surface area contributed by atoms with Crippen LogP contribution < -0.4 is 40.6 Å². The monoisotopic (exact) mass is 1960 g/mol. The summed E-state index contributed by atoms with van der Waals surface area (Å²) in [6, 6.07) is 45.0. The fraction of sp³-hybridized carbons (Fsp3) is 0.465. The van der Waals surface area contributed by atoms with Gasteiger partial charge in [0, 0.05) is 174 Å². The number of nitro groups is 6. The summed E-state index contributed by atoms with van der Waals surface area (Å²) in [5.74, 6) is -2.73. The summed E-state index contributed by atoms with van der Waals surface area (Å²) in [7, 11) is 2.62. The average Bonchev–Trinajstić information content (AvgIpc) is 0.826. The number of aliphatic carboxylic acids is 1. The van der Waals surface area contributed by atoms with Crippen LogP contribution in [0.2, 0.25) is 0 Å². The maximum Gasteiger partial charge on any atom is 1.00 e. The van der Waals surface area contributed by atoms with Crippen molar-refractivity contribution in [2.45, 2.75) is 149 Å². The number of rotatable bonds is 25. The van der Waals surface area contributed by atoms with Crippen molar-refractivity contribution in [3.8, 4) is 0 Å². The van der Waals surface area contributed by atoms with E-state index in [2.05, 4.69) is 64.4 Å². The van der Waals surface area contributed by atoms with Crippen LogP contribution >= 0.6 is 12.4 Å². The van der Waals surface area contributed by atoms with Crippen molar-refractivity contribution in [3.05, 3.63) is 269 Å². The van der Waals surface area contributed by atoms with Crippen molar-refractivity contribution in [2.75, 3.05) is 119 Å². The molecule has 671 valence electrons. The van der Waals surface area contributed by atoms with Gasteiger partial charge in [0.1, 0.15) is 6.29 Å². The molecule has 7 aromatic carbocycles. The fourth-order valence-electron chi connectivity index (χ4n) is 11.4. The first-order valence-corrected chi connectivity index (χ1v) is 38.2. The second kappa shape index (κ2) is 59.2. The summed E-state index contributed by atoms with van der Waals surface area (Å²) < 4.78 is 25.0. The molecule has 0 aliphatic carbocycles. The van der Waals surface area contributed by atoms with Crippen molar-refractivity contribution in [3.63, 3.8) is 0 Å². The number of carboxylic acids is 1. The SMILES string of the molecule is C.C1COCCN1.CC(C(=O)O)c1ccc([N+](=O)[O-])cc1.CC(C)(CC=O)c1ccc([N+](=O)[O-])cc1.CC(C)(CCN1CCOCC1)c1ccc(N)cc1.CC(C)(CCN1CCOCC1)c1ccc([N+](=O)[O-])cc1.CC(C)(CO)c1ccc([N+](=O)[O-])cc1.COC(=O)C(C)(C)c1ccc([N+](=O)[O-])cc1.COC(=O)C(C)c1ccc([N+](=O)[O-])cc1.Cl.O.[Ac].[H-].[Na+]. The Morgan fingerprint density at radius 1 is 0.472 bits per heavy atom. The van der Waals surface area contributed by atoms with Gasteiger partial charge in [0.05, 0.1) is 107 Å². The molecule has 3 aliphatic heterocycles. The number of carboxylic acid groups (broad SMARTS) is 1. The number of nitro benzene ring substituents is 6. The predicted octanol–water partition coefficient (Wildman–Crippen LogP) is 11.8. The third kappa shape index (κ3) is 42.2. The maximum atomic E-state index is 11.5. The molecule has 0 spiro atoms. The minimum atomic E-state index is -0.946. The molecule has 2 atom stereocenters. The van der Waals surface area contributed by atoms with Gasteiger partial charge in [0.25, 0.3) is 34.1 Å². The summed E-state index contributed by atoms with van der Waals surface area (Å²) in [4.78, 5) is 109. The van der Waals surface area contributed by atoms with Gasteiger partial charge in [-0.05, 0) is 121 Å². The van der Waals surface area contributed by atoms with Crippen LogP contribution in [-0.4, -0.2) is 192 Å². The van der Waals surface area contributed by atoms with Gasteiger partial charge in [-0.25, -0.2) is 0 Å². The van der Waals surface area contributed by atoms with Crippen molar-refractivity contribution in [1.29, 1.82) is 0 Å². The molecule has 3 saturated heterocycles. The number of methoxy groups -OCH3 is 2. The molecule has 0 saturated carbocycles. The number of nitrogens with one attached hydrogen (secondary N) is 1. The molecular weight excluding hydrogens is 1840 g/mol. The number of anilines is 1. The Morgan fingerprint density at radius 2 is 0.740 bits per heavy atom. The molecule has 7 aromatic rings. The van der Waals surface area contributed by atoms with Crippen molar-refractivity contribution in [1.82, 2.24) is 15.1 Å². The molecule has 2 unspecified atom stereocenters. The minimum absolute atomic E-state index is 0. The summed E-state index contributed by atoms with van der Waals surface area (Å²) >= 11 is 0. The molecule has 3 heterocycles. The Hall–Kier alpha value is -8.77. The third-order valence-corrected chi connectivity index (χ3v) is 20.0. The summed E-state index contributed by atoms with van der Waals surface area (Å²) in [5.41, 5.74) is 11.9. The topological polar surface area (TPSA) is 490 Å². The van der Waals surface area contributed by atoms with E-state index in [9.17, 15) is 79.9 Å². The number of halogens is 1. The van der Waals surface area contributed by atoms with E-state index in [1.807, 2.05) is 52.0 Å². The number of hydrogen-bond donors (Lipinski definition) is 4. The summed E-state index contributed by atoms with van der Waals surface area (Å²) in [5, 5.41) is 83.6. The summed E-state index contributed by atoms with van der Waals surface area (Å²) in [6.45, 7) is 36.8. The zero-order valence-electron chi connectivity index (χ0n) is 73.2. The van der Waals surface area contributed by atoms with E-state index in [0.717, 1.165) is 134 Å². The molecule has 34 nitrogen and oxygen atoms in total. The predicted molar refractivity (Wildman–Crippen MR) is 467 cm³/mol. The van der Waals surface area contributed by atoms with Crippen LogP contribution in [0.4, 0.5) is 39.8 Å². The zero-order chi connectivity index (χ0) is 88.6. The Balaban J connectivity index is -0.000000666. The number of carbonyl (C=O) groups excluding carboxylic acids is 3. The van der Waals surface area contributed by atoms with Gasteiger partial charge in [-0.1, -0.05) is 148 Å². The van der Waals surface area contributed by atoms with E-state index < -0.39 is 47.8 Å². The average molecular weight is 1970 g/mol. The van der Waals surface area contributed by atoms with Gasteiger partial charge in [-0.15, -0.1) is 12.4 Å². The number of hydrogen-bond acceptors (Lipinski definition) is 26. The number of esters is 2. The Kier molecular flexibility index (Phi) is 57.0. The van der Waals surface area contributed by atoms with Crippen LogP contribution in [0.5, 0.6) is 0 Å². The van der Waals surface area contributed by atoms with Crippen LogP contribution in [0.15, 0.2) is 170 Å². The minimum Gasteiger partial charge on any atom is -1.00 e. The Labute approximate surface area is 785 Å². The molecular formula is C86H122AcClN10NaO24. The third-order valence-electron chi connectivity index (χ3n) is 20.0. The second-order valence-electron chi connectivity index (χ2n) is 30.8. The standard InChI is InChI=1S/C15H22N2O3.C15H24N2O.C11H13NO4.C11H13NO3.C10H11NO4.C10H13NO3.C9H9NO4.C4H9NO.CH4.Ac.ClH.Na.H2O.H/c1-15(2,7-8-16-9-11-20-12-10-16)13-3-5-14(6-4-13)17(18)19;1-15(2,13-3-5-14(16)6-4-13)7-8-17-9-11-18-12-10-17;1-11(2,10(13)16-3)8-4-6-9(7-5-8)12(14)15;1-11(2,7-8-13)9-3-5-10(6-4-9)12(14)15;1-7(10(12)15-2)8-3-5-9(6-4-8)11(13)14;1-10(2,7-12)8-3-5-9(6-4-8)11(13)14;1-6(9(11)12)7-2-4-8(5-3-7)10(13)14;1-3-6-4-2-5-1;;;;;;/h3-6H,7-12H2,1-2H3;3-6H,7-12,16H2,1-2H3;4-7H,1-3H3;3-6,8H,7H2,1-2H3;3-7H,1-2H3;3-6,12H,7H2,1-2H3;2-6H,1H3,(H,11,12);5H,1-4H2;1H4;;1H;;1H2;/q;;;;;;;;;;;+1;;-1. The number of carbonyl (C=O) groups is 4. The zero-order valence-corrected chi connectivity index (χ0v) is 79.8. The number of ether oxygens (including phenoxy) is 5. The first kappa shape index (κ1) is 118. The molecule has 10 rings (SSSR count). The van der Waals surface area contributed by atoms with Crippen molar-refractivity contribution in [2.24, 2.45) is 0 Å². The number of benzene rings is 7. The van der Waals surface area contributed by atoms with E-state index in [1.54, 1.807) is 81.4 Å². The molecule has 3 aliphatic rings. The number of non-ortho nitro benzene ring substituents is 6. The van der Waals surface area contributed by atoms with Crippen LogP contribution in [-0.2, 0) is 69.9 Å².